The Labute approximate surface area is 124 Å². The Bertz CT molecular complexity index is 371. The van der Waals surface area contributed by atoms with Crippen molar-refractivity contribution in [3.63, 3.8) is 0 Å². The highest BCUT2D eigenvalue weighted by molar-refractivity contribution is 7.86. The SMILES string of the molecule is CCCN(CC)S(=O)(=O)N1CCCCC1CNC(C)C. The molecule has 0 amide bonds. The summed E-state index contributed by atoms with van der Waals surface area (Å²) in [4.78, 5) is 0. The molecule has 1 unspecified atom stereocenters. The van der Waals surface area contributed by atoms with Crippen molar-refractivity contribution >= 4 is 10.2 Å². The van der Waals surface area contributed by atoms with Crippen molar-refractivity contribution in [3.05, 3.63) is 0 Å². The molecule has 0 aromatic heterocycles. The third kappa shape index (κ3) is 4.69. The molecule has 0 saturated carbocycles. The van der Waals surface area contributed by atoms with Crippen LogP contribution in [-0.2, 0) is 10.2 Å². The van der Waals surface area contributed by atoms with Gasteiger partial charge in [-0.25, -0.2) is 0 Å². The lowest BCUT2D eigenvalue weighted by atomic mass is 10.0. The molecule has 0 aromatic rings. The van der Waals surface area contributed by atoms with E-state index in [0.717, 1.165) is 32.2 Å². The van der Waals surface area contributed by atoms with Crippen molar-refractivity contribution in [2.24, 2.45) is 0 Å². The molecule has 20 heavy (non-hydrogen) atoms. The molecular formula is C14H31N3O2S. The number of hydrogen-bond acceptors (Lipinski definition) is 3. The smallest absolute Gasteiger partial charge is 0.282 e. The summed E-state index contributed by atoms with van der Waals surface area (Å²) in [6, 6.07) is 0.487. The average molecular weight is 305 g/mol. The summed E-state index contributed by atoms with van der Waals surface area (Å²) in [6.45, 7) is 10.7. The zero-order chi connectivity index (χ0) is 15.2. The lowest BCUT2D eigenvalue weighted by molar-refractivity contribution is 0.224. The van der Waals surface area contributed by atoms with Crippen molar-refractivity contribution in [3.8, 4) is 0 Å². The number of rotatable bonds is 8. The van der Waals surface area contributed by atoms with E-state index < -0.39 is 10.2 Å². The minimum absolute atomic E-state index is 0.0991. The number of nitrogens with one attached hydrogen (secondary N) is 1. The third-order valence-corrected chi connectivity index (χ3v) is 5.95. The van der Waals surface area contributed by atoms with Gasteiger partial charge in [-0.05, 0) is 19.3 Å². The maximum Gasteiger partial charge on any atom is 0.282 e. The van der Waals surface area contributed by atoms with Gasteiger partial charge in [0.05, 0.1) is 0 Å². The first kappa shape index (κ1) is 17.9. The monoisotopic (exact) mass is 305 g/mol. The molecule has 120 valence electrons. The van der Waals surface area contributed by atoms with Crippen LogP contribution in [0.5, 0.6) is 0 Å². The highest BCUT2D eigenvalue weighted by atomic mass is 32.2. The molecular weight excluding hydrogens is 274 g/mol. The number of piperidine rings is 1. The molecule has 0 aliphatic carbocycles. The fourth-order valence-corrected chi connectivity index (χ4v) is 4.64. The van der Waals surface area contributed by atoms with Crippen LogP contribution in [0.1, 0.15) is 53.4 Å². The summed E-state index contributed by atoms with van der Waals surface area (Å²) in [5.41, 5.74) is 0. The van der Waals surface area contributed by atoms with Crippen LogP contribution >= 0.6 is 0 Å². The Morgan fingerprint density at radius 1 is 1.30 bits per heavy atom. The largest absolute Gasteiger partial charge is 0.313 e. The van der Waals surface area contributed by atoms with Gasteiger partial charge in [-0.2, -0.15) is 17.0 Å². The van der Waals surface area contributed by atoms with Crippen LogP contribution < -0.4 is 5.32 Å². The van der Waals surface area contributed by atoms with Crippen molar-refractivity contribution in [1.29, 1.82) is 0 Å². The van der Waals surface area contributed by atoms with Crippen LogP contribution in [0, 0.1) is 0 Å². The minimum atomic E-state index is -3.31. The Hall–Kier alpha value is -0.170. The summed E-state index contributed by atoms with van der Waals surface area (Å²) >= 11 is 0. The average Bonchev–Trinajstić information content (AvgIpc) is 2.42. The first-order valence-electron chi connectivity index (χ1n) is 7.93. The van der Waals surface area contributed by atoms with Crippen molar-refractivity contribution < 1.29 is 8.42 Å². The predicted octanol–water partition coefficient (Wildman–Crippen LogP) is 1.82. The molecule has 5 nitrogen and oxygen atoms in total. The second-order valence-electron chi connectivity index (χ2n) is 5.82. The van der Waals surface area contributed by atoms with Gasteiger partial charge in [-0.1, -0.05) is 34.1 Å². The zero-order valence-corrected chi connectivity index (χ0v) is 14.2. The predicted molar refractivity (Wildman–Crippen MR) is 83.9 cm³/mol. The van der Waals surface area contributed by atoms with E-state index in [1.165, 1.54) is 0 Å². The lowest BCUT2D eigenvalue weighted by Crippen LogP contribution is -2.54. The molecule has 1 atom stereocenters. The maximum absolute atomic E-state index is 12.8. The fraction of sp³-hybridized carbons (Fsp3) is 1.00. The van der Waals surface area contributed by atoms with Gasteiger partial charge in [0.2, 0.25) is 0 Å². The summed E-state index contributed by atoms with van der Waals surface area (Å²) in [5, 5.41) is 3.38. The van der Waals surface area contributed by atoms with E-state index in [1.54, 1.807) is 8.61 Å². The lowest BCUT2D eigenvalue weighted by Gasteiger charge is -2.38. The third-order valence-electron chi connectivity index (χ3n) is 3.78. The van der Waals surface area contributed by atoms with Crippen molar-refractivity contribution in [1.82, 2.24) is 13.9 Å². The van der Waals surface area contributed by atoms with Gasteiger partial charge < -0.3 is 5.32 Å². The van der Waals surface area contributed by atoms with E-state index in [-0.39, 0.29) is 6.04 Å². The van der Waals surface area contributed by atoms with E-state index in [1.807, 2.05) is 13.8 Å². The fourth-order valence-electron chi connectivity index (χ4n) is 2.69. The van der Waals surface area contributed by atoms with Gasteiger partial charge in [0.15, 0.2) is 0 Å². The molecule has 1 aliphatic heterocycles. The molecule has 0 bridgehead atoms. The first-order chi connectivity index (χ1) is 9.43. The number of hydrogen-bond donors (Lipinski definition) is 1. The van der Waals surface area contributed by atoms with Gasteiger partial charge in [-0.3, -0.25) is 0 Å². The van der Waals surface area contributed by atoms with E-state index in [4.69, 9.17) is 0 Å². The van der Waals surface area contributed by atoms with Crippen LogP contribution in [0.15, 0.2) is 0 Å². The van der Waals surface area contributed by atoms with Crippen LogP contribution in [0.4, 0.5) is 0 Å². The Balaban J connectivity index is 2.81. The molecule has 1 fully saturated rings. The zero-order valence-electron chi connectivity index (χ0n) is 13.4. The molecule has 1 heterocycles. The van der Waals surface area contributed by atoms with Gasteiger partial charge in [0, 0.05) is 38.3 Å². The van der Waals surface area contributed by atoms with E-state index in [9.17, 15) is 8.42 Å². The minimum Gasteiger partial charge on any atom is -0.313 e. The normalized spacial score (nSPS) is 21.8. The van der Waals surface area contributed by atoms with Gasteiger partial charge in [0.25, 0.3) is 10.2 Å². The van der Waals surface area contributed by atoms with Gasteiger partial charge >= 0.3 is 0 Å². The van der Waals surface area contributed by atoms with Crippen molar-refractivity contribution in [2.45, 2.75) is 65.5 Å². The molecule has 1 N–H and O–H groups in total. The molecule has 1 rings (SSSR count). The van der Waals surface area contributed by atoms with Crippen LogP contribution in [-0.4, -0.2) is 55.3 Å². The van der Waals surface area contributed by atoms with Crippen LogP contribution in [0.25, 0.3) is 0 Å². The van der Waals surface area contributed by atoms with E-state index >= 15 is 0 Å². The Morgan fingerprint density at radius 2 is 2.00 bits per heavy atom. The molecule has 6 heteroatoms. The van der Waals surface area contributed by atoms with Crippen molar-refractivity contribution in [2.75, 3.05) is 26.2 Å². The van der Waals surface area contributed by atoms with Crippen LogP contribution in [0.2, 0.25) is 0 Å². The Kier molecular flexibility index (Phi) is 7.43. The molecule has 1 saturated heterocycles. The highest BCUT2D eigenvalue weighted by Crippen LogP contribution is 2.22. The van der Waals surface area contributed by atoms with E-state index in [0.29, 0.717) is 25.7 Å². The standard InChI is InChI=1S/C14H31N3O2S/c1-5-10-16(6-2)20(18,19)17-11-8-7-9-14(17)12-15-13(3)4/h13-15H,5-12H2,1-4H3. The molecule has 0 aromatic carbocycles. The second kappa shape index (κ2) is 8.32. The summed E-state index contributed by atoms with van der Waals surface area (Å²) in [5.74, 6) is 0. The summed E-state index contributed by atoms with van der Waals surface area (Å²) in [6.07, 6.45) is 3.91. The van der Waals surface area contributed by atoms with Gasteiger partial charge in [0.1, 0.15) is 0 Å². The van der Waals surface area contributed by atoms with Gasteiger partial charge in [-0.15, -0.1) is 0 Å². The summed E-state index contributed by atoms with van der Waals surface area (Å²) < 4.78 is 28.9. The van der Waals surface area contributed by atoms with E-state index in [2.05, 4.69) is 19.2 Å². The second-order valence-corrected chi connectivity index (χ2v) is 7.70. The quantitative estimate of drug-likeness (QED) is 0.744. The molecule has 0 radical (unpaired) electrons. The first-order valence-corrected chi connectivity index (χ1v) is 9.33. The highest BCUT2D eigenvalue weighted by Gasteiger charge is 2.35. The maximum atomic E-state index is 12.8. The summed E-state index contributed by atoms with van der Waals surface area (Å²) in [7, 11) is -3.31. The molecule has 0 spiro atoms. The topological polar surface area (TPSA) is 52.7 Å². The Morgan fingerprint density at radius 3 is 2.55 bits per heavy atom. The number of nitrogens with zero attached hydrogens (tertiary/aromatic N) is 2. The molecule has 1 aliphatic rings. The van der Waals surface area contributed by atoms with Crippen LogP contribution in [0.3, 0.4) is 0 Å².